The van der Waals surface area contributed by atoms with E-state index in [1.165, 1.54) is 6.07 Å². The highest BCUT2D eigenvalue weighted by molar-refractivity contribution is 6.11. The number of phenolic OH excluding ortho intramolecular Hbond substituents is 1. The summed E-state index contributed by atoms with van der Waals surface area (Å²) < 4.78 is 0. The number of nitrogens with one attached hydrogen (secondary N) is 3. The van der Waals surface area contributed by atoms with Crippen LogP contribution in [0.1, 0.15) is 55.0 Å². The second kappa shape index (κ2) is 11.6. The average molecular weight is 488 g/mol. The van der Waals surface area contributed by atoms with Gasteiger partial charge >= 0.3 is 0 Å². The van der Waals surface area contributed by atoms with Crippen LogP contribution in [0.4, 0.5) is 0 Å². The molecular weight excluding hydrogens is 458 g/mol. The van der Waals surface area contributed by atoms with Crippen LogP contribution < -0.4 is 21.7 Å². The summed E-state index contributed by atoms with van der Waals surface area (Å²) in [5.74, 6) is -1.00. The molecule has 2 amide bonds. The lowest BCUT2D eigenvalue weighted by molar-refractivity contribution is 0.0882. The minimum absolute atomic E-state index is 0.124. The Labute approximate surface area is 209 Å². The number of aromatic hydroxyl groups is 1. The second-order valence-electron chi connectivity index (χ2n) is 8.70. The van der Waals surface area contributed by atoms with E-state index in [-0.39, 0.29) is 47.5 Å². The number of amides is 2. The van der Waals surface area contributed by atoms with Gasteiger partial charge < -0.3 is 26.8 Å². The van der Waals surface area contributed by atoms with Gasteiger partial charge in [0.15, 0.2) is 5.78 Å². The van der Waals surface area contributed by atoms with E-state index in [0.717, 1.165) is 18.5 Å². The van der Waals surface area contributed by atoms with Crippen molar-refractivity contribution in [1.82, 2.24) is 20.9 Å². The Hall–Kier alpha value is -4.08. The van der Waals surface area contributed by atoms with Gasteiger partial charge in [0.1, 0.15) is 5.75 Å². The molecule has 2 heterocycles. The normalized spacial score (nSPS) is 17.6. The van der Waals surface area contributed by atoms with Crippen molar-refractivity contribution in [2.45, 2.75) is 31.5 Å². The molecule has 186 valence electrons. The lowest BCUT2D eigenvalue weighted by atomic mass is 9.99. The Morgan fingerprint density at radius 1 is 0.917 bits per heavy atom. The molecule has 6 N–H and O–H groups in total. The van der Waals surface area contributed by atoms with Crippen molar-refractivity contribution < 1.29 is 19.5 Å². The van der Waals surface area contributed by atoms with Crippen LogP contribution in [0.5, 0.6) is 5.75 Å². The van der Waals surface area contributed by atoms with Gasteiger partial charge in [0.2, 0.25) is 0 Å². The standard InChI is InChI=1S/C27H29N5O4/c28-15-17-3-8-24(33)21(14-17)25(34)18-4-6-19(7-5-18)26(35)31-22-2-1-11-30-16-23(22)32-27(36)20-9-12-29-13-10-20/h3-10,12-14,22-23,30,33H,1-2,11,15-16,28H2,(H,31,35)(H,32,36). The number of nitrogens with zero attached hydrogens (tertiary/aromatic N) is 1. The number of phenols is 1. The first kappa shape index (κ1) is 25.0. The Balaban J connectivity index is 1.45. The molecule has 9 heteroatoms. The van der Waals surface area contributed by atoms with Gasteiger partial charge in [-0.1, -0.05) is 18.2 Å². The molecule has 0 aliphatic carbocycles. The predicted molar refractivity (Wildman–Crippen MR) is 135 cm³/mol. The van der Waals surface area contributed by atoms with Crippen molar-refractivity contribution in [2.24, 2.45) is 5.73 Å². The number of pyridine rings is 1. The highest BCUT2D eigenvalue weighted by Crippen LogP contribution is 2.22. The van der Waals surface area contributed by atoms with E-state index in [1.807, 2.05) is 0 Å². The number of benzene rings is 2. The highest BCUT2D eigenvalue weighted by Gasteiger charge is 2.27. The average Bonchev–Trinajstić information content (AvgIpc) is 3.13. The van der Waals surface area contributed by atoms with E-state index in [2.05, 4.69) is 20.9 Å². The van der Waals surface area contributed by atoms with Gasteiger partial charge in [-0.25, -0.2) is 0 Å². The Bertz CT molecular complexity index is 1230. The quantitative estimate of drug-likeness (QED) is 0.319. The van der Waals surface area contributed by atoms with Gasteiger partial charge in [-0.3, -0.25) is 19.4 Å². The molecule has 0 bridgehead atoms. The van der Waals surface area contributed by atoms with Gasteiger partial charge in [0, 0.05) is 42.2 Å². The van der Waals surface area contributed by atoms with Crippen LogP contribution in [0.15, 0.2) is 67.0 Å². The molecule has 0 saturated carbocycles. The number of carbonyl (C=O) groups excluding carboxylic acids is 3. The molecular formula is C27H29N5O4. The number of hydrogen-bond acceptors (Lipinski definition) is 7. The lowest BCUT2D eigenvalue weighted by Gasteiger charge is -2.27. The van der Waals surface area contributed by atoms with Crippen molar-refractivity contribution >= 4 is 17.6 Å². The Morgan fingerprint density at radius 2 is 1.56 bits per heavy atom. The largest absolute Gasteiger partial charge is 0.507 e. The number of rotatable bonds is 7. The summed E-state index contributed by atoms with van der Waals surface area (Å²) in [6.45, 7) is 1.57. The van der Waals surface area contributed by atoms with Crippen LogP contribution >= 0.6 is 0 Å². The first-order valence-electron chi connectivity index (χ1n) is 11.9. The number of nitrogens with two attached hydrogens (primary N) is 1. The molecule has 4 rings (SSSR count). The summed E-state index contributed by atoms with van der Waals surface area (Å²) >= 11 is 0. The summed E-state index contributed by atoms with van der Waals surface area (Å²) in [7, 11) is 0. The third-order valence-electron chi connectivity index (χ3n) is 6.24. The predicted octanol–water partition coefficient (Wildman–Crippen LogP) is 1.76. The maximum absolute atomic E-state index is 13.0. The van der Waals surface area contributed by atoms with Crippen LogP contribution in [-0.2, 0) is 6.54 Å². The Kier molecular flexibility index (Phi) is 8.04. The molecule has 9 nitrogen and oxygen atoms in total. The van der Waals surface area contributed by atoms with Gasteiger partial charge in [0.25, 0.3) is 11.8 Å². The van der Waals surface area contributed by atoms with Gasteiger partial charge in [-0.05, 0) is 61.3 Å². The second-order valence-corrected chi connectivity index (χ2v) is 8.70. The first-order chi connectivity index (χ1) is 17.5. The zero-order chi connectivity index (χ0) is 25.5. The molecule has 2 atom stereocenters. The molecule has 2 unspecified atom stereocenters. The monoisotopic (exact) mass is 487 g/mol. The molecule has 2 aromatic carbocycles. The summed E-state index contributed by atoms with van der Waals surface area (Å²) in [4.78, 5) is 42.5. The lowest BCUT2D eigenvalue weighted by Crippen LogP contribution is -2.54. The molecule has 1 fully saturated rings. The summed E-state index contributed by atoms with van der Waals surface area (Å²) in [5.41, 5.74) is 7.78. The third-order valence-corrected chi connectivity index (χ3v) is 6.24. The minimum Gasteiger partial charge on any atom is -0.507 e. The minimum atomic E-state index is -0.358. The zero-order valence-electron chi connectivity index (χ0n) is 19.7. The van der Waals surface area contributed by atoms with Gasteiger partial charge in [-0.15, -0.1) is 0 Å². The van der Waals surface area contributed by atoms with E-state index in [1.54, 1.807) is 60.9 Å². The molecule has 3 aromatic rings. The van der Waals surface area contributed by atoms with Crippen LogP contribution in [-0.4, -0.2) is 52.9 Å². The highest BCUT2D eigenvalue weighted by atomic mass is 16.3. The van der Waals surface area contributed by atoms with E-state index in [0.29, 0.717) is 29.7 Å². The molecule has 0 radical (unpaired) electrons. The fourth-order valence-electron chi connectivity index (χ4n) is 4.20. The van der Waals surface area contributed by atoms with Crippen LogP contribution in [0.2, 0.25) is 0 Å². The fraction of sp³-hybridized carbons (Fsp3) is 0.259. The summed E-state index contributed by atoms with van der Waals surface area (Å²) in [6.07, 6.45) is 4.67. The zero-order valence-corrected chi connectivity index (χ0v) is 19.7. The van der Waals surface area contributed by atoms with Crippen molar-refractivity contribution in [2.75, 3.05) is 13.1 Å². The third kappa shape index (κ3) is 5.94. The maximum atomic E-state index is 13.0. The maximum Gasteiger partial charge on any atom is 0.251 e. The molecule has 0 spiro atoms. The fourth-order valence-corrected chi connectivity index (χ4v) is 4.20. The molecule has 1 aliphatic heterocycles. The van der Waals surface area contributed by atoms with Crippen molar-refractivity contribution in [3.63, 3.8) is 0 Å². The number of hydrogen-bond donors (Lipinski definition) is 5. The van der Waals surface area contributed by atoms with Gasteiger partial charge in [0.05, 0.1) is 17.6 Å². The van der Waals surface area contributed by atoms with Crippen LogP contribution in [0.3, 0.4) is 0 Å². The van der Waals surface area contributed by atoms with Crippen molar-refractivity contribution in [1.29, 1.82) is 0 Å². The summed E-state index contributed by atoms with van der Waals surface area (Å²) in [6, 6.07) is 13.7. The number of carbonyl (C=O) groups is 3. The number of ketones is 1. The van der Waals surface area contributed by atoms with E-state index in [9.17, 15) is 19.5 Å². The van der Waals surface area contributed by atoms with Gasteiger partial charge in [-0.2, -0.15) is 0 Å². The Morgan fingerprint density at radius 3 is 2.25 bits per heavy atom. The molecule has 1 aromatic heterocycles. The van der Waals surface area contributed by atoms with Crippen LogP contribution in [0, 0.1) is 0 Å². The molecule has 36 heavy (non-hydrogen) atoms. The van der Waals surface area contributed by atoms with Crippen molar-refractivity contribution in [3.05, 3.63) is 94.8 Å². The van der Waals surface area contributed by atoms with Crippen molar-refractivity contribution in [3.8, 4) is 5.75 Å². The number of aromatic nitrogens is 1. The van der Waals surface area contributed by atoms with Crippen LogP contribution in [0.25, 0.3) is 0 Å². The van der Waals surface area contributed by atoms with E-state index >= 15 is 0 Å². The topological polar surface area (TPSA) is 146 Å². The SMILES string of the molecule is NCc1ccc(O)c(C(=O)c2ccc(C(=O)NC3CCCNCC3NC(=O)c3ccncc3)cc2)c1. The van der Waals surface area contributed by atoms with E-state index in [4.69, 9.17) is 5.73 Å². The first-order valence-corrected chi connectivity index (χ1v) is 11.9. The molecule has 1 aliphatic rings. The van der Waals surface area contributed by atoms with E-state index < -0.39 is 0 Å². The smallest absolute Gasteiger partial charge is 0.251 e. The summed E-state index contributed by atoms with van der Waals surface area (Å²) in [5, 5.41) is 19.5. The molecule has 1 saturated heterocycles.